The van der Waals surface area contributed by atoms with Crippen LogP contribution >= 0.6 is 0 Å². The SMILES string of the molecule is FC(F)(F)c1cccc(CCNC2CCCc3c2[nH]c2ccccc32)c1. The van der Waals surface area contributed by atoms with Gasteiger partial charge in [-0.05, 0) is 55.5 Å². The molecule has 1 aliphatic carbocycles. The van der Waals surface area contributed by atoms with Crippen molar-refractivity contribution < 1.29 is 13.2 Å². The van der Waals surface area contributed by atoms with Gasteiger partial charge in [0.15, 0.2) is 0 Å². The van der Waals surface area contributed by atoms with E-state index in [2.05, 4.69) is 28.5 Å². The molecule has 1 atom stereocenters. The Bertz CT molecular complexity index is 911. The van der Waals surface area contributed by atoms with E-state index in [4.69, 9.17) is 0 Å². The molecule has 2 aromatic carbocycles. The number of alkyl halides is 3. The second-order valence-corrected chi connectivity index (χ2v) is 6.91. The third-order valence-electron chi connectivity index (χ3n) is 5.17. The van der Waals surface area contributed by atoms with Crippen LogP contribution in [-0.4, -0.2) is 11.5 Å². The summed E-state index contributed by atoms with van der Waals surface area (Å²) in [7, 11) is 0. The van der Waals surface area contributed by atoms with Gasteiger partial charge in [0, 0.05) is 22.6 Å². The normalized spacial score (nSPS) is 17.4. The highest BCUT2D eigenvalue weighted by Crippen LogP contribution is 2.34. The number of hydrogen-bond acceptors (Lipinski definition) is 1. The fourth-order valence-electron chi connectivity index (χ4n) is 3.91. The van der Waals surface area contributed by atoms with E-state index in [0.717, 1.165) is 30.8 Å². The summed E-state index contributed by atoms with van der Waals surface area (Å²) in [5.74, 6) is 0. The summed E-state index contributed by atoms with van der Waals surface area (Å²) in [5, 5.41) is 4.82. The van der Waals surface area contributed by atoms with Gasteiger partial charge in [0.25, 0.3) is 0 Å². The van der Waals surface area contributed by atoms with Crippen molar-refractivity contribution in [3.63, 3.8) is 0 Å². The zero-order valence-electron chi connectivity index (χ0n) is 14.4. The van der Waals surface area contributed by atoms with Gasteiger partial charge in [-0.1, -0.05) is 36.4 Å². The number of rotatable bonds is 4. The first-order valence-corrected chi connectivity index (χ1v) is 9.01. The second kappa shape index (κ2) is 6.80. The third-order valence-corrected chi connectivity index (χ3v) is 5.17. The van der Waals surface area contributed by atoms with E-state index in [1.54, 1.807) is 6.07 Å². The molecule has 0 saturated heterocycles. The van der Waals surface area contributed by atoms with E-state index in [1.165, 1.54) is 28.8 Å². The first-order chi connectivity index (χ1) is 12.5. The Balaban J connectivity index is 1.45. The number of para-hydroxylation sites is 1. The first-order valence-electron chi connectivity index (χ1n) is 9.01. The van der Waals surface area contributed by atoms with Gasteiger partial charge in [-0.15, -0.1) is 0 Å². The van der Waals surface area contributed by atoms with Crippen molar-refractivity contribution in [3.8, 4) is 0 Å². The molecule has 2 nitrogen and oxygen atoms in total. The molecule has 0 aliphatic heterocycles. The summed E-state index contributed by atoms with van der Waals surface area (Å²) in [4.78, 5) is 3.53. The van der Waals surface area contributed by atoms with Crippen molar-refractivity contribution in [1.29, 1.82) is 0 Å². The minimum absolute atomic E-state index is 0.233. The summed E-state index contributed by atoms with van der Waals surface area (Å²) in [6.07, 6.45) is -0.467. The van der Waals surface area contributed by atoms with Gasteiger partial charge in [-0.2, -0.15) is 13.2 Å². The molecule has 3 aromatic rings. The minimum Gasteiger partial charge on any atom is -0.357 e. The van der Waals surface area contributed by atoms with Crippen LogP contribution in [0.25, 0.3) is 10.9 Å². The lowest BCUT2D eigenvalue weighted by Crippen LogP contribution is -2.27. The molecular weight excluding hydrogens is 337 g/mol. The van der Waals surface area contributed by atoms with Gasteiger partial charge in [-0.3, -0.25) is 0 Å². The molecule has 26 heavy (non-hydrogen) atoms. The summed E-state index contributed by atoms with van der Waals surface area (Å²) >= 11 is 0. The van der Waals surface area contributed by atoms with Crippen LogP contribution in [0.2, 0.25) is 0 Å². The van der Waals surface area contributed by atoms with E-state index in [0.29, 0.717) is 18.5 Å². The van der Waals surface area contributed by atoms with Gasteiger partial charge < -0.3 is 10.3 Å². The lowest BCUT2D eigenvalue weighted by molar-refractivity contribution is -0.137. The number of aromatic nitrogens is 1. The van der Waals surface area contributed by atoms with Crippen molar-refractivity contribution >= 4 is 10.9 Å². The van der Waals surface area contributed by atoms with Crippen LogP contribution in [0.3, 0.4) is 0 Å². The maximum Gasteiger partial charge on any atom is 0.416 e. The molecule has 1 aliphatic rings. The lowest BCUT2D eigenvalue weighted by Gasteiger charge is -2.24. The van der Waals surface area contributed by atoms with Crippen molar-refractivity contribution in [2.75, 3.05) is 6.54 Å². The maximum absolute atomic E-state index is 12.8. The number of aromatic amines is 1. The number of halogens is 3. The minimum atomic E-state index is -4.29. The van der Waals surface area contributed by atoms with Crippen LogP contribution in [0, 0.1) is 0 Å². The van der Waals surface area contributed by atoms with E-state index in [1.807, 2.05) is 6.07 Å². The number of benzene rings is 2. The standard InChI is InChI=1S/C21H21F3N2/c22-21(23,24)15-6-3-5-14(13-15)11-12-25-19-10-4-8-17-16-7-1-2-9-18(16)26-20(17)19/h1-3,5-7,9,13,19,25-26H,4,8,10-12H2. The number of hydrogen-bond donors (Lipinski definition) is 2. The molecule has 0 amide bonds. The van der Waals surface area contributed by atoms with Gasteiger partial charge in [-0.25, -0.2) is 0 Å². The second-order valence-electron chi connectivity index (χ2n) is 6.91. The zero-order chi connectivity index (χ0) is 18.1. The van der Waals surface area contributed by atoms with Crippen molar-refractivity contribution in [2.24, 2.45) is 0 Å². The number of nitrogens with one attached hydrogen (secondary N) is 2. The van der Waals surface area contributed by atoms with Crippen molar-refractivity contribution in [2.45, 2.75) is 37.9 Å². The van der Waals surface area contributed by atoms with Gasteiger partial charge in [0.05, 0.1) is 5.56 Å². The number of fused-ring (bicyclic) bond motifs is 3. The van der Waals surface area contributed by atoms with Crippen LogP contribution in [0.15, 0.2) is 48.5 Å². The summed E-state index contributed by atoms with van der Waals surface area (Å²) in [5.41, 5.74) is 3.90. The maximum atomic E-state index is 12.8. The van der Waals surface area contributed by atoms with Crippen LogP contribution in [0.4, 0.5) is 13.2 Å². The first kappa shape index (κ1) is 17.2. The topological polar surface area (TPSA) is 27.8 Å². The Kier molecular flexibility index (Phi) is 4.49. The Morgan fingerprint density at radius 3 is 2.77 bits per heavy atom. The molecule has 0 fully saturated rings. The zero-order valence-corrected chi connectivity index (χ0v) is 14.4. The molecule has 0 bridgehead atoms. The van der Waals surface area contributed by atoms with E-state index < -0.39 is 11.7 Å². The van der Waals surface area contributed by atoms with Crippen LogP contribution in [0.1, 0.15) is 41.3 Å². The Morgan fingerprint density at radius 1 is 1.08 bits per heavy atom. The largest absolute Gasteiger partial charge is 0.416 e. The average molecular weight is 358 g/mol. The fraction of sp³-hybridized carbons (Fsp3) is 0.333. The molecule has 0 spiro atoms. The van der Waals surface area contributed by atoms with Crippen molar-refractivity contribution in [1.82, 2.24) is 10.3 Å². The predicted octanol–water partition coefficient (Wildman–Crippen LogP) is 5.40. The highest BCUT2D eigenvalue weighted by atomic mass is 19.4. The van der Waals surface area contributed by atoms with E-state index in [9.17, 15) is 13.2 Å². The van der Waals surface area contributed by atoms with Crippen LogP contribution < -0.4 is 5.32 Å². The van der Waals surface area contributed by atoms with E-state index >= 15 is 0 Å². The van der Waals surface area contributed by atoms with Crippen LogP contribution in [-0.2, 0) is 19.0 Å². The molecule has 136 valence electrons. The predicted molar refractivity (Wildman–Crippen MR) is 97.1 cm³/mol. The van der Waals surface area contributed by atoms with E-state index in [-0.39, 0.29) is 6.04 Å². The molecule has 1 aromatic heterocycles. The molecular formula is C21H21F3N2. The van der Waals surface area contributed by atoms with Gasteiger partial charge in [0.1, 0.15) is 0 Å². The highest BCUT2D eigenvalue weighted by Gasteiger charge is 2.30. The fourth-order valence-corrected chi connectivity index (χ4v) is 3.91. The smallest absolute Gasteiger partial charge is 0.357 e. The van der Waals surface area contributed by atoms with Crippen molar-refractivity contribution in [3.05, 3.63) is 70.9 Å². The summed E-state index contributed by atoms with van der Waals surface area (Å²) in [6, 6.07) is 14.2. The molecule has 5 heteroatoms. The Morgan fingerprint density at radius 2 is 1.92 bits per heavy atom. The summed E-state index contributed by atoms with van der Waals surface area (Å²) in [6.45, 7) is 0.654. The number of aryl methyl sites for hydroxylation is 1. The van der Waals surface area contributed by atoms with Gasteiger partial charge >= 0.3 is 6.18 Å². The molecule has 4 rings (SSSR count). The quantitative estimate of drug-likeness (QED) is 0.642. The molecule has 1 unspecified atom stereocenters. The highest BCUT2D eigenvalue weighted by molar-refractivity contribution is 5.85. The van der Waals surface area contributed by atoms with Gasteiger partial charge in [0.2, 0.25) is 0 Å². The Labute approximate surface area is 150 Å². The third kappa shape index (κ3) is 3.36. The van der Waals surface area contributed by atoms with Crippen LogP contribution in [0.5, 0.6) is 0 Å². The summed E-state index contributed by atoms with van der Waals surface area (Å²) < 4.78 is 38.5. The molecule has 1 heterocycles. The molecule has 0 radical (unpaired) electrons. The average Bonchev–Trinajstić information content (AvgIpc) is 3.01. The number of H-pyrrole nitrogens is 1. The molecule has 0 saturated carbocycles. The Hall–Kier alpha value is -2.27. The lowest BCUT2D eigenvalue weighted by atomic mass is 9.91. The monoisotopic (exact) mass is 358 g/mol. The molecule has 2 N–H and O–H groups in total.